The molecule has 2 atom stereocenters. The summed E-state index contributed by atoms with van der Waals surface area (Å²) in [5.41, 5.74) is 0. The van der Waals surface area contributed by atoms with Gasteiger partial charge in [-0.25, -0.2) is 0 Å². The quantitative estimate of drug-likeness (QED) is 0.0195. The Morgan fingerprint density at radius 1 is 0.437 bits per heavy atom. The second-order valence-electron chi connectivity index (χ2n) is 20.6. The predicted octanol–water partition coefficient (Wildman–Crippen LogP) is 15.7. The van der Waals surface area contributed by atoms with E-state index >= 15 is 0 Å². The molecule has 0 rings (SSSR count). The summed E-state index contributed by atoms with van der Waals surface area (Å²) in [6.45, 7) is 4.63. The lowest BCUT2D eigenvalue weighted by Crippen LogP contribution is -2.44. The third-order valence-corrected chi connectivity index (χ3v) is 12.5. The van der Waals surface area contributed by atoms with Crippen LogP contribution in [-0.4, -0.2) is 82.3 Å². The third-order valence-electron chi connectivity index (χ3n) is 12.5. The summed E-state index contributed by atoms with van der Waals surface area (Å²) < 4.78 is 22.6. The van der Waals surface area contributed by atoms with Crippen molar-refractivity contribution in [3.05, 3.63) is 72.9 Å². The first kappa shape index (κ1) is 67.7. The number of carboxylic acid groups (broad SMARTS) is 1. The van der Waals surface area contributed by atoms with Gasteiger partial charge in [-0.1, -0.05) is 241 Å². The van der Waals surface area contributed by atoms with Crippen molar-refractivity contribution < 1.29 is 42.9 Å². The lowest BCUT2D eigenvalue weighted by Gasteiger charge is -2.26. The van der Waals surface area contributed by atoms with E-state index in [2.05, 4.69) is 86.8 Å². The van der Waals surface area contributed by atoms with Gasteiger partial charge >= 0.3 is 11.9 Å². The molecule has 2 unspecified atom stereocenters. The molecular formula is C62H109NO8. The second kappa shape index (κ2) is 53.0. The van der Waals surface area contributed by atoms with Gasteiger partial charge in [0.25, 0.3) is 0 Å². The minimum atomic E-state index is -1.62. The molecule has 0 amide bonds. The van der Waals surface area contributed by atoms with Crippen LogP contribution in [0, 0.1) is 0 Å². The van der Waals surface area contributed by atoms with Crippen molar-refractivity contribution in [1.82, 2.24) is 0 Å². The zero-order valence-corrected chi connectivity index (χ0v) is 46.6. The summed E-state index contributed by atoms with van der Waals surface area (Å²) in [6.07, 6.45) is 65.4. The van der Waals surface area contributed by atoms with Crippen LogP contribution in [0.2, 0.25) is 0 Å². The van der Waals surface area contributed by atoms with E-state index < -0.39 is 24.3 Å². The molecule has 0 fully saturated rings. The van der Waals surface area contributed by atoms with Crippen LogP contribution >= 0.6 is 0 Å². The molecule has 0 saturated heterocycles. The highest BCUT2D eigenvalue weighted by Crippen LogP contribution is 2.16. The number of quaternary nitrogens is 1. The van der Waals surface area contributed by atoms with Gasteiger partial charge < -0.3 is 33.3 Å². The first-order chi connectivity index (χ1) is 34.6. The van der Waals surface area contributed by atoms with Crippen molar-refractivity contribution in [2.75, 3.05) is 47.5 Å². The van der Waals surface area contributed by atoms with E-state index in [4.69, 9.17) is 18.9 Å². The Balaban J connectivity index is 4.05. The number of hydrogen-bond donors (Lipinski definition) is 0. The van der Waals surface area contributed by atoms with Crippen molar-refractivity contribution >= 4 is 17.9 Å². The van der Waals surface area contributed by atoms with Crippen molar-refractivity contribution in [3.63, 3.8) is 0 Å². The number of unbranched alkanes of at least 4 members (excludes halogenated alkanes) is 26. The standard InChI is InChI=1S/C62H109NO8/c1-6-8-10-12-14-16-18-19-20-21-22-23-24-25-26-27-28-29-30-31-32-33-34-35-36-37-38-39-40-41-43-45-47-49-51-53-60(65)71-58(57-70-62(61(66)67)68-55-54-63(3,4)5)56-69-59(64)52-50-48-46-44-42-17-15-13-11-9-7-2/h8,10,14,16,19-20,22-23,25-26,28-29,58,62H,6-7,9,11-13,15,17-18,21,24,27,30-57H2,1-5H3/b10-8-,16-14-,20-19-,23-22-,26-25-,29-28-. The van der Waals surface area contributed by atoms with Crippen LogP contribution < -0.4 is 5.11 Å². The van der Waals surface area contributed by atoms with Gasteiger partial charge in [0.15, 0.2) is 12.4 Å². The van der Waals surface area contributed by atoms with E-state index in [1.807, 2.05) is 21.1 Å². The van der Waals surface area contributed by atoms with E-state index in [1.165, 1.54) is 141 Å². The molecule has 0 aromatic heterocycles. The number of aliphatic carboxylic acids is 1. The molecule has 0 bridgehead atoms. The van der Waals surface area contributed by atoms with Gasteiger partial charge in [-0.05, 0) is 64.2 Å². The van der Waals surface area contributed by atoms with Crippen LogP contribution in [0.3, 0.4) is 0 Å². The molecule has 0 radical (unpaired) electrons. The van der Waals surface area contributed by atoms with Gasteiger partial charge in [0, 0.05) is 12.8 Å². The van der Waals surface area contributed by atoms with Crippen LogP contribution in [0.5, 0.6) is 0 Å². The molecule has 0 N–H and O–H groups in total. The molecular weight excluding hydrogens is 887 g/mol. The molecule has 9 heteroatoms. The van der Waals surface area contributed by atoms with Crippen LogP contribution in [0.15, 0.2) is 72.9 Å². The number of hydrogen-bond acceptors (Lipinski definition) is 8. The number of nitrogens with zero attached hydrogens (tertiary/aromatic N) is 1. The summed E-state index contributed by atoms with van der Waals surface area (Å²) in [4.78, 5) is 37.1. The fourth-order valence-corrected chi connectivity index (χ4v) is 8.01. The molecule has 0 aliphatic rings. The first-order valence-corrected chi connectivity index (χ1v) is 29.1. The number of likely N-dealkylation sites (N-methyl/N-ethyl adjacent to an activating group) is 1. The van der Waals surface area contributed by atoms with Gasteiger partial charge in [-0.3, -0.25) is 9.59 Å². The molecule has 0 aromatic carbocycles. The number of rotatable bonds is 53. The van der Waals surface area contributed by atoms with E-state index in [9.17, 15) is 19.5 Å². The fourth-order valence-electron chi connectivity index (χ4n) is 8.01. The van der Waals surface area contributed by atoms with E-state index in [0.29, 0.717) is 23.9 Å². The number of esters is 2. The molecule has 0 spiro atoms. The summed E-state index contributed by atoms with van der Waals surface area (Å²) >= 11 is 0. The summed E-state index contributed by atoms with van der Waals surface area (Å²) in [5, 5.41) is 11.7. The highest BCUT2D eigenvalue weighted by molar-refractivity contribution is 5.70. The van der Waals surface area contributed by atoms with Gasteiger partial charge in [0.2, 0.25) is 0 Å². The van der Waals surface area contributed by atoms with E-state index in [0.717, 1.165) is 70.6 Å². The lowest BCUT2D eigenvalue weighted by atomic mass is 10.0. The summed E-state index contributed by atoms with van der Waals surface area (Å²) in [6, 6.07) is 0. The second-order valence-corrected chi connectivity index (χ2v) is 20.6. The molecule has 0 saturated carbocycles. The Morgan fingerprint density at radius 2 is 0.803 bits per heavy atom. The minimum Gasteiger partial charge on any atom is -0.545 e. The lowest BCUT2D eigenvalue weighted by molar-refractivity contribution is -0.870. The predicted molar refractivity (Wildman–Crippen MR) is 297 cm³/mol. The third kappa shape index (κ3) is 54.3. The smallest absolute Gasteiger partial charge is 0.306 e. The molecule has 9 nitrogen and oxygen atoms in total. The van der Waals surface area contributed by atoms with Gasteiger partial charge in [0.1, 0.15) is 13.2 Å². The number of allylic oxidation sites excluding steroid dienone is 12. The van der Waals surface area contributed by atoms with Gasteiger partial charge in [-0.2, -0.15) is 0 Å². The Morgan fingerprint density at radius 3 is 1.20 bits per heavy atom. The normalized spacial score (nSPS) is 13.3. The Labute approximate surface area is 437 Å². The number of carbonyl (C=O) groups excluding carboxylic acids is 3. The average molecular weight is 997 g/mol. The fraction of sp³-hybridized carbons (Fsp3) is 0.758. The van der Waals surface area contributed by atoms with Crippen molar-refractivity contribution in [1.29, 1.82) is 0 Å². The van der Waals surface area contributed by atoms with E-state index in [1.54, 1.807) is 0 Å². The SMILES string of the molecule is CC/C=C\C/C=C\C/C=C\C/C=C\C/C=C\C/C=C\CCCCCCCCCCCCCCCCCCC(=O)OC(COC(=O)CCCCCCCCCCCCC)COC(OCC[N+](C)(C)C)C(=O)[O-]. The molecule has 410 valence electrons. The Kier molecular flexibility index (Phi) is 50.6. The Hall–Kier alpha value is -3.27. The van der Waals surface area contributed by atoms with Gasteiger partial charge in [0.05, 0.1) is 40.3 Å². The maximum atomic E-state index is 12.8. The highest BCUT2D eigenvalue weighted by Gasteiger charge is 2.22. The number of carboxylic acids is 1. The average Bonchev–Trinajstić information content (AvgIpc) is 3.34. The zero-order valence-electron chi connectivity index (χ0n) is 46.6. The topological polar surface area (TPSA) is 111 Å². The van der Waals surface area contributed by atoms with Gasteiger partial charge in [-0.15, -0.1) is 0 Å². The summed E-state index contributed by atoms with van der Waals surface area (Å²) in [5.74, 6) is -2.28. The van der Waals surface area contributed by atoms with Crippen LogP contribution in [0.1, 0.15) is 245 Å². The monoisotopic (exact) mass is 996 g/mol. The molecule has 0 heterocycles. The molecule has 0 aliphatic carbocycles. The van der Waals surface area contributed by atoms with Crippen molar-refractivity contribution in [2.45, 2.75) is 257 Å². The van der Waals surface area contributed by atoms with Crippen LogP contribution in [-0.2, 0) is 33.3 Å². The van der Waals surface area contributed by atoms with Crippen LogP contribution in [0.4, 0.5) is 0 Å². The van der Waals surface area contributed by atoms with Crippen molar-refractivity contribution in [3.8, 4) is 0 Å². The molecule has 71 heavy (non-hydrogen) atoms. The Bertz CT molecular complexity index is 1390. The maximum Gasteiger partial charge on any atom is 0.306 e. The number of carbonyl (C=O) groups is 3. The molecule has 0 aromatic rings. The summed E-state index contributed by atoms with van der Waals surface area (Å²) in [7, 11) is 5.92. The number of ether oxygens (including phenoxy) is 4. The van der Waals surface area contributed by atoms with E-state index in [-0.39, 0.29) is 32.2 Å². The zero-order chi connectivity index (χ0) is 52.0. The maximum absolute atomic E-state index is 12.8. The molecule has 0 aliphatic heterocycles. The minimum absolute atomic E-state index is 0.148. The van der Waals surface area contributed by atoms with Crippen molar-refractivity contribution in [2.24, 2.45) is 0 Å². The van der Waals surface area contributed by atoms with Crippen LogP contribution in [0.25, 0.3) is 0 Å². The largest absolute Gasteiger partial charge is 0.545 e. The highest BCUT2D eigenvalue weighted by atomic mass is 16.7. The first-order valence-electron chi connectivity index (χ1n) is 29.1.